The summed E-state index contributed by atoms with van der Waals surface area (Å²) in [6.45, 7) is 2.51. The number of benzene rings is 1. The van der Waals surface area contributed by atoms with Crippen LogP contribution in [0.5, 0.6) is 0 Å². The minimum atomic E-state index is -0.307. The highest BCUT2D eigenvalue weighted by atomic mass is 79.9. The Bertz CT molecular complexity index is 481. The number of halogens is 2. The van der Waals surface area contributed by atoms with Crippen molar-refractivity contribution in [3.05, 3.63) is 34.1 Å². The van der Waals surface area contributed by atoms with Gasteiger partial charge < -0.3 is 10.6 Å². The summed E-state index contributed by atoms with van der Waals surface area (Å²) < 4.78 is 14.3. The zero-order valence-electron chi connectivity index (χ0n) is 10.9. The second-order valence-corrected chi connectivity index (χ2v) is 5.70. The Morgan fingerprint density at radius 1 is 1.53 bits per heavy atom. The Balaban J connectivity index is 2.47. The van der Waals surface area contributed by atoms with Gasteiger partial charge in [0.2, 0.25) is 5.91 Å². The maximum Gasteiger partial charge on any atom is 0.223 e. The van der Waals surface area contributed by atoms with Gasteiger partial charge in [0, 0.05) is 23.5 Å². The van der Waals surface area contributed by atoms with E-state index in [1.54, 1.807) is 11.0 Å². The summed E-state index contributed by atoms with van der Waals surface area (Å²) in [5, 5.41) is 0. The van der Waals surface area contributed by atoms with Gasteiger partial charge in [-0.1, -0.05) is 15.9 Å². The Hall–Kier alpha value is -0.940. The first kappa shape index (κ1) is 14.5. The zero-order chi connectivity index (χ0) is 14.0. The van der Waals surface area contributed by atoms with Gasteiger partial charge in [0.05, 0.1) is 6.04 Å². The fourth-order valence-corrected chi connectivity index (χ4v) is 3.17. The quantitative estimate of drug-likeness (QED) is 0.907. The van der Waals surface area contributed by atoms with Crippen LogP contribution in [0.3, 0.4) is 0 Å². The number of likely N-dealkylation sites (N-methyl/N-ethyl adjacent to an activating group) is 1. The standard InChI is InChI=1S/C14H18BrFN2O/c1-2-18-13(19)5-3-4-12(17)14(18)10-8-9(16)6-7-11(10)15/h6-8,12,14H,2-5,17H2,1H3. The number of amides is 1. The molecular formula is C14H18BrFN2O. The topological polar surface area (TPSA) is 46.3 Å². The first-order valence-corrected chi connectivity index (χ1v) is 7.34. The van der Waals surface area contributed by atoms with Crippen molar-refractivity contribution in [3.63, 3.8) is 0 Å². The van der Waals surface area contributed by atoms with E-state index < -0.39 is 0 Å². The van der Waals surface area contributed by atoms with Crippen LogP contribution < -0.4 is 5.73 Å². The van der Waals surface area contributed by atoms with E-state index in [1.807, 2.05) is 6.92 Å². The lowest BCUT2D eigenvalue weighted by atomic mass is 9.96. The molecule has 1 aliphatic rings. The summed E-state index contributed by atoms with van der Waals surface area (Å²) >= 11 is 3.44. The Morgan fingerprint density at radius 2 is 2.26 bits per heavy atom. The predicted molar refractivity (Wildman–Crippen MR) is 76.1 cm³/mol. The molecule has 0 aromatic heterocycles. The van der Waals surface area contributed by atoms with Gasteiger partial charge in [-0.2, -0.15) is 0 Å². The maximum absolute atomic E-state index is 13.5. The lowest BCUT2D eigenvalue weighted by Crippen LogP contribution is -2.42. The van der Waals surface area contributed by atoms with E-state index in [-0.39, 0.29) is 23.8 Å². The molecule has 0 aliphatic carbocycles. The molecule has 1 fully saturated rings. The van der Waals surface area contributed by atoms with Gasteiger partial charge in [-0.05, 0) is 43.5 Å². The average molecular weight is 329 g/mol. The van der Waals surface area contributed by atoms with Gasteiger partial charge in [-0.3, -0.25) is 4.79 Å². The van der Waals surface area contributed by atoms with E-state index in [0.29, 0.717) is 13.0 Å². The molecule has 1 aliphatic heterocycles. The predicted octanol–water partition coefficient (Wildman–Crippen LogP) is 2.99. The lowest BCUT2D eigenvalue weighted by molar-refractivity contribution is -0.133. The maximum atomic E-state index is 13.5. The number of likely N-dealkylation sites (tertiary alicyclic amines) is 1. The van der Waals surface area contributed by atoms with Crippen molar-refractivity contribution in [3.8, 4) is 0 Å². The van der Waals surface area contributed by atoms with Crippen LogP contribution in [0.1, 0.15) is 37.8 Å². The van der Waals surface area contributed by atoms with Gasteiger partial charge in [0.1, 0.15) is 5.82 Å². The fourth-order valence-electron chi connectivity index (χ4n) is 2.69. The van der Waals surface area contributed by atoms with Crippen molar-refractivity contribution < 1.29 is 9.18 Å². The largest absolute Gasteiger partial charge is 0.334 e. The van der Waals surface area contributed by atoms with Crippen LogP contribution >= 0.6 is 15.9 Å². The molecule has 2 rings (SSSR count). The van der Waals surface area contributed by atoms with Crippen LogP contribution in [0.15, 0.2) is 22.7 Å². The van der Waals surface area contributed by atoms with E-state index >= 15 is 0 Å². The van der Waals surface area contributed by atoms with E-state index in [9.17, 15) is 9.18 Å². The molecule has 2 unspecified atom stereocenters. The van der Waals surface area contributed by atoms with Gasteiger partial charge in [0.15, 0.2) is 0 Å². The smallest absolute Gasteiger partial charge is 0.223 e. The fraction of sp³-hybridized carbons (Fsp3) is 0.500. The number of hydrogen-bond donors (Lipinski definition) is 1. The molecule has 3 nitrogen and oxygen atoms in total. The number of nitrogens with zero attached hydrogens (tertiary/aromatic N) is 1. The summed E-state index contributed by atoms with van der Waals surface area (Å²) in [7, 11) is 0. The van der Waals surface area contributed by atoms with Crippen LogP contribution in [-0.4, -0.2) is 23.4 Å². The second-order valence-electron chi connectivity index (χ2n) is 4.85. The normalized spacial score (nSPS) is 24.4. The number of carbonyl (C=O) groups excluding carboxylic acids is 1. The first-order valence-electron chi connectivity index (χ1n) is 6.54. The Kier molecular flexibility index (Phi) is 4.58. The highest BCUT2D eigenvalue weighted by Gasteiger charge is 2.33. The van der Waals surface area contributed by atoms with Crippen molar-refractivity contribution in [2.24, 2.45) is 5.73 Å². The first-order chi connectivity index (χ1) is 9.04. The zero-order valence-corrected chi connectivity index (χ0v) is 12.5. The van der Waals surface area contributed by atoms with Gasteiger partial charge in [-0.25, -0.2) is 4.39 Å². The van der Waals surface area contributed by atoms with E-state index in [0.717, 1.165) is 22.9 Å². The Morgan fingerprint density at radius 3 is 2.95 bits per heavy atom. The molecule has 1 aromatic rings. The molecular weight excluding hydrogens is 311 g/mol. The van der Waals surface area contributed by atoms with Crippen molar-refractivity contribution in [2.75, 3.05) is 6.54 Å². The van der Waals surface area contributed by atoms with Crippen LogP contribution in [0.25, 0.3) is 0 Å². The minimum Gasteiger partial charge on any atom is -0.334 e. The molecule has 1 aromatic carbocycles. The third-order valence-corrected chi connectivity index (χ3v) is 4.33. The number of rotatable bonds is 2. The summed E-state index contributed by atoms with van der Waals surface area (Å²) in [5.41, 5.74) is 6.98. The highest BCUT2D eigenvalue weighted by molar-refractivity contribution is 9.10. The number of nitrogens with two attached hydrogens (primary N) is 1. The molecule has 1 amide bonds. The van der Waals surface area contributed by atoms with Crippen molar-refractivity contribution in [1.82, 2.24) is 4.90 Å². The van der Waals surface area contributed by atoms with Crippen LogP contribution in [0.4, 0.5) is 4.39 Å². The number of hydrogen-bond acceptors (Lipinski definition) is 2. The third kappa shape index (κ3) is 2.98. The Labute approximate surface area is 121 Å². The van der Waals surface area contributed by atoms with Crippen LogP contribution in [-0.2, 0) is 4.79 Å². The summed E-state index contributed by atoms with van der Waals surface area (Å²) in [6.07, 6.45) is 2.08. The molecule has 5 heteroatoms. The van der Waals surface area contributed by atoms with Gasteiger partial charge in [-0.15, -0.1) is 0 Å². The molecule has 104 valence electrons. The molecule has 19 heavy (non-hydrogen) atoms. The highest BCUT2D eigenvalue weighted by Crippen LogP contribution is 2.34. The van der Waals surface area contributed by atoms with Crippen molar-refractivity contribution >= 4 is 21.8 Å². The van der Waals surface area contributed by atoms with Crippen LogP contribution in [0, 0.1) is 5.82 Å². The van der Waals surface area contributed by atoms with Crippen molar-refractivity contribution in [2.45, 2.75) is 38.3 Å². The summed E-state index contributed by atoms with van der Waals surface area (Å²) in [4.78, 5) is 13.9. The summed E-state index contributed by atoms with van der Waals surface area (Å²) in [6, 6.07) is 4.11. The van der Waals surface area contributed by atoms with E-state index in [2.05, 4.69) is 15.9 Å². The molecule has 1 heterocycles. The summed E-state index contributed by atoms with van der Waals surface area (Å²) in [5.74, 6) is -0.213. The molecule has 0 bridgehead atoms. The third-order valence-electron chi connectivity index (χ3n) is 3.61. The van der Waals surface area contributed by atoms with E-state index in [1.165, 1.54) is 12.1 Å². The molecule has 0 radical (unpaired) electrons. The van der Waals surface area contributed by atoms with Gasteiger partial charge in [0.25, 0.3) is 0 Å². The average Bonchev–Trinajstić information content (AvgIpc) is 2.51. The lowest BCUT2D eigenvalue weighted by Gasteiger charge is -2.33. The van der Waals surface area contributed by atoms with Crippen molar-refractivity contribution in [1.29, 1.82) is 0 Å². The molecule has 1 saturated heterocycles. The molecule has 2 atom stereocenters. The molecule has 0 saturated carbocycles. The molecule has 2 N–H and O–H groups in total. The van der Waals surface area contributed by atoms with Gasteiger partial charge >= 0.3 is 0 Å². The SMILES string of the molecule is CCN1C(=O)CCCC(N)C1c1cc(F)ccc1Br. The second kappa shape index (κ2) is 6.01. The minimum absolute atomic E-state index is 0.0941. The monoisotopic (exact) mass is 328 g/mol. The molecule has 0 spiro atoms. The van der Waals surface area contributed by atoms with Crippen LogP contribution in [0.2, 0.25) is 0 Å². The van der Waals surface area contributed by atoms with E-state index in [4.69, 9.17) is 5.73 Å². The number of carbonyl (C=O) groups is 1.